The van der Waals surface area contributed by atoms with Crippen LogP contribution in [0.2, 0.25) is 0 Å². The van der Waals surface area contributed by atoms with Crippen molar-refractivity contribution in [2.75, 3.05) is 0 Å². The second-order valence-corrected chi connectivity index (χ2v) is 3.52. The van der Waals surface area contributed by atoms with E-state index in [4.69, 9.17) is 5.73 Å². The molecule has 0 heterocycles. The minimum atomic E-state index is 0.252. The van der Waals surface area contributed by atoms with Gasteiger partial charge in [0.05, 0.1) is 6.04 Å². The van der Waals surface area contributed by atoms with Crippen LogP contribution in [0.5, 0.6) is 0 Å². The Morgan fingerprint density at radius 1 is 1.27 bits per heavy atom. The van der Waals surface area contributed by atoms with Crippen LogP contribution in [0.4, 0.5) is 0 Å². The van der Waals surface area contributed by atoms with Crippen molar-refractivity contribution in [3.05, 3.63) is 34.9 Å². The van der Waals surface area contributed by atoms with E-state index in [2.05, 4.69) is 32.0 Å². The van der Waals surface area contributed by atoms with Crippen LogP contribution in [0.1, 0.15) is 42.5 Å². The third-order valence-electron chi connectivity index (χ3n) is 2.36. The number of rotatable bonds is 1. The first kappa shape index (κ1) is 6.86. The molecule has 1 nitrogen and oxygen atoms in total. The summed E-state index contributed by atoms with van der Waals surface area (Å²) in [6, 6.07) is 6.80. The third kappa shape index (κ3) is 0.962. The van der Waals surface area contributed by atoms with E-state index in [1.807, 2.05) is 0 Å². The van der Waals surface area contributed by atoms with E-state index in [1.54, 1.807) is 0 Å². The molecule has 1 heteroatoms. The van der Waals surface area contributed by atoms with Crippen LogP contribution in [0.3, 0.4) is 0 Å². The van der Waals surface area contributed by atoms with Crippen molar-refractivity contribution in [3.8, 4) is 0 Å². The number of nitrogens with two attached hydrogens (primary N) is 1. The molecule has 1 aliphatic carbocycles. The lowest BCUT2D eigenvalue weighted by Gasteiger charge is -2.01. The van der Waals surface area contributed by atoms with Gasteiger partial charge in [-0.15, -0.1) is 0 Å². The molecule has 1 aromatic carbocycles. The van der Waals surface area contributed by atoms with Crippen LogP contribution < -0.4 is 5.73 Å². The van der Waals surface area contributed by atoms with E-state index in [0.29, 0.717) is 5.92 Å². The average molecular weight is 147 g/mol. The SMILES string of the molecule is CC(C)c1ccc2c(c1)C2N. The van der Waals surface area contributed by atoms with E-state index >= 15 is 0 Å². The number of fused-ring (bicyclic) bond motifs is 1. The molecule has 0 fully saturated rings. The molecular formula is C10H13N. The topological polar surface area (TPSA) is 26.0 Å². The second-order valence-electron chi connectivity index (χ2n) is 3.52. The molecule has 0 saturated carbocycles. The fourth-order valence-electron chi connectivity index (χ4n) is 1.42. The zero-order valence-corrected chi connectivity index (χ0v) is 6.96. The molecule has 1 unspecified atom stereocenters. The summed E-state index contributed by atoms with van der Waals surface area (Å²) in [6.45, 7) is 4.41. The van der Waals surface area contributed by atoms with Crippen molar-refractivity contribution < 1.29 is 0 Å². The molecule has 0 aliphatic heterocycles. The van der Waals surface area contributed by atoms with Gasteiger partial charge in [0.1, 0.15) is 0 Å². The highest BCUT2D eigenvalue weighted by atomic mass is 14.7. The van der Waals surface area contributed by atoms with Crippen molar-refractivity contribution in [2.24, 2.45) is 5.73 Å². The predicted molar refractivity (Wildman–Crippen MR) is 46.6 cm³/mol. The highest BCUT2D eigenvalue weighted by Crippen LogP contribution is 2.39. The Morgan fingerprint density at radius 2 is 2.00 bits per heavy atom. The quantitative estimate of drug-likeness (QED) is 0.647. The molecule has 1 aromatic rings. The molecule has 2 N–H and O–H groups in total. The highest BCUT2D eigenvalue weighted by molar-refractivity contribution is 5.53. The molecule has 11 heavy (non-hydrogen) atoms. The van der Waals surface area contributed by atoms with Gasteiger partial charge in [0.2, 0.25) is 0 Å². The Balaban J connectivity index is 2.36. The maximum absolute atomic E-state index is 5.76. The zero-order chi connectivity index (χ0) is 8.01. The Kier molecular flexibility index (Phi) is 1.30. The predicted octanol–water partition coefficient (Wildman–Crippen LogP) is 2.17. The van der Waals surface area contributed by atoms with Gasteiger partial charge in [-0.3, -0.25) is 0 Å². The summed E-state index contributed by atoms with van der Waals surface area (Å²) in [4.78, 5) is 0. The Bertz CT molecular complexity index is 289. The van der Waals surface area contributed by atoms with Gasteiger partial charge in [-0.05, 0) is 22.6 Å². The van der Waals surface area contributed by atoms with Crippen LogP contribution in [0.25, 0.3) is 0 Å². The van der Waals surface area contributed by atoms with Crippen molar-refractivity contribution in [2.45, 2.75) is 25.8 Å². The average Bonchev–Trinajstić information content (AvgIpc) is 2.62. The lowest BCUT2D eigenvalue weighted by atomic mass is 10.0. The molecule has 0 aromatic heterocycles. The van der Waals surface area contributed by atoms with Gasteiger partial charge in [-0.2, -0.15) is 0 Å². The lowest BCUT2D eigenvalue weighted by Crippen LogP contribution is -1.88. The molecule has 0 amide bonds. The Labute approximate surface area is 67.2 Å². The fraction of sp³-hybridized carbons (Fsp3) is 0.400. The molecule has 1 aliphatic rings. The summed E-state index contributed by atoms with van der Waals surface area (Å²) < 4.78 is 0. The van der Waals surface area contributed by atoms with Crippen LogP contribution in [-0.4, -0.2) is 0 Å². The molecule has 0 radical (unpaired) electrons. The first-order chi connectivity index (χ1) is 5.20. The molecular weight excluding hydrogens is 134 g/mol. The molecule has 1 atom stereocenters. The van der Waals surface area contributed by atoms with E-state index in [-0.39, 0.29) is 6.04 Å². The zero-order valence-electron chi connectivity index (χ0n) is 6.96. The first-order valence-electron chi connectivity index (χ1n) is 4.09. The minimum absolute atomic E-state index is 0.252. The number of hydrogen-bond donors (Lipinski definition) is 1. The Hall–Kier alpha value is -0.820. The summed E-state index contributed by atoms with van der Waals surface area (Å²) >= 11 is 0. The van der Waals surface area contributed by atoms with E-state index in [0.717, 1.165) is 0 Å². The fourth-order valence-corrected chi connectivity index (χ4v) is 1.42. The number of hydrogen-bond acceptors (Lipinski definition) is 1. The van der Waals surface area contributed by atoms with Gasteiger partial charge in [0.25, 0.3) is 0 Å². The summed E-state index contributed by atoms with van der Waals surface area (Å²) in [5.41, 5.74) is 9.84. The van der Waals surface area contributed by atoms with E-state index in [1.165, 1.54) is 16.7 Å². The minimum Gasteiger partial charge on any atom is -0.320 e. The van der Waals surface area contributed by atoms with Gasteiger partial charge in [-0.1, -0.05) is 32.0 Å². The van der Waals surface area contributed by atoms with Crippen LogP contribution >= 0.6 is 0 Å². The second kappa shape index (κ2) is 2.08. The van der Waals surface area contributed by atoms with E-state index in [9.17, 15) is 0 Å². The van der Waals surface area contributed by atoms with Crippen LogP contribution in [0.15, 0.2) is 18.2 Å². The molecule has 0 saturated heterocycles. The summed E-state index contributed by atoms with van der Waals surface area (Å²) in [5, 5.41) is 0. The highest BCUT2D eigenvalue weighted by Gasteiger charge is 2.28. The summed E-state index contributed by atoms with van der Waals surface area (Å²) in [5.74, 6) is 0.619. The standard InChI is InChI=1S/C10H13N/c1-6(2)7-3-4-8-9(5-7)10(8)11/h3-6,10H,11H2,1-2H3. The lowest BCUT2D eigenvalue weighted by molar-refractivity contribution is 0.866. The maximum Gasteiger partial charge on any atom is 0.0558 e. The normalized spacial score (nSPS) is 20.2. The maximum atomic E-state index is 5.76. The summed E-state index contributed by atoms with van der Waals surface area (Å²) in [6.07, 6.45) is 0. The van der Waals surface area contributed by atoms with Crippen molar-refractivity contribution in [3.63, 3.8) is 0 Å². The van der Waals surface area contributed by atoms with Gasteiger partial charge < -0.3 is 5.73 Å². The summed E-state index contributed by atoms with van der Waals surface area (Å²) in [7, 11) is 0. The molecule has 2 rings (SSSR count). The third-order valence-corrected chi connectivity index (χ3v) is 2.36. The molecule has 0 bridgehead atoms. The Morgan fingerprint density at radius 3 is 2.55 bits per heavy atom. The van der Waals surface area contributed by atoms with Gasteiger partial charge in [0, 0.05) is 0 Å². The van der Waals surface area contributed by atoms with Crippen LogP contribution in [-0.2, 0) is 0 Å². The number of benzene rings is 1. The molecule has 0 spiro atoms. The van der Waals surface area contributed by atoms with E-state index < -0.39 is 0 Å². The monoisotopic (exact) mass is 147 g/mol. The van der Waals surface area contributed by atoms with Crippen molar-refractivity contribution >= 4 is 0 Å². The van der Waals surface area contributed by atoms with Crippen LogP contribution in [0, 0.1) is 0 Å². The van der Waals surface area contributed by atoms with Crippen molar-refractivity contribution in [1.82, 2.24) is 0 Å². The molecule has 58 valence electrons. The smallest absolute Gasteiger partial charge is 0.0558 e. The van der Waals surface area contributed by atoms with Gasteiger partial charge in [-0.25, -0.2) is 0 Å². The largest absolute Gasteiger partial charge is 0.320 e. The van der Waals surface area contributed by atoms with Gasteiger partial charge in [0.15, 0.2) is 0 Å². The first-order valence-corrected chi connectivity index (χ1v) is 4.09. The van der Waals surface area contributed by atoms with Crippen molar-refractivity contribution in [1.29, 1.82) is 0 Å². The van der Waals surface area contributed by atoms with Gasteiger partial charge >= 0.3 is 0 Å².